The Morgan fingerprint density at radius 1 is 0.588 bits per heavy atom. The minimum Gasteiger partial charge on any atom is -0.0766 e. The largest absolute Gasteiger partial charge is 0.0766 e. The lowest BCUT2D eigenvalue weighted by Gasteiger charge is -2.29. The molecule has 2 unspecified atom stereocenters. The summed E-state index contributed by atoms with van der Waals surface area (Å²) in [6.45, 7) is 6.82. The molecule has 1 fully saturated rings. The Labute approximate surface area is 201 Å². The molecule has 164 valence electrons. The topological polar surface area (TPSA) is 0 Å². The summed E-state index contributed by atoms with van der Waals surface area (Å²) in [6.07, 6.45) is 3.73. The van der Waals surface area contributed by atoms with Crippen LogP contribution < -0.4 is 0 Å². The number of allylic oxidation sites excluding steroid dienone is 2. The minimum atomic E-state index is 0.105. The first-order valence-electron chi connectivity index (χ1n) is 12.4. The van der Waals surface area contributed by atoms with E-state index in [9.17, 15) is 0 Å². The van der Waals surface area contributed by atoms with Gasteiger partial charge in [0.25, 0.3) is 0 Å². The van der Waals surface area contributed by atoms with Crippen LogP contribution >= 0.6 is 0 Å². The summed E-state index contributed by atoms with van der Waals surface area (Å²) in [5.74, 6) is 0.593. The van der Waals surface area contributed by atoms with Crippen molar-refractivity contribution in [1.82, 2.24) is 0 Å². The predicted molar refractivity (Wildman–Crippen MR) is 145 cm³/mol. The van der Waals surface area contributed by atoms with E-state index in [0.29, 0.717) is 5.92 Å². The maximum Gasteiger partial charge on any atom is 0.0286 e. The van der Waals surface area contributed by atoms with Crippen molar-refractivity contribution >= 4 is 27.1 Å². The molecule has 2 aliphatic carbocycles. The van der Waals surface area contributed by atoms with Gasteiger partial charge in [0.1, 0.15) is 0 Å². The number of fused-ring (bicyclic) bond motifs is 5. The van der Waals surface area contributed by atoms with Gasteiger partial charge in [0, 0.05) is 5.41 Å². The molecule has 0 nitrogen and oxygen atoms in total. The predicted octanol–water partition coefficient (Wildman–Crippen LogP) is 9.00. The third kappa shape index (κ3) is 2.54. The van der Waals surface area contributed by atoms with E-state index in [1.54, 1.807) is 0 Å². The Hall–Kier alpha value is -3.64. The maximum atomic E-state index is 2.53. The fourth-order valence-electron chi connectivity index (χ4n) is 6.84. The standard InChI is InChI=1S/C34H28/c1-21-16-17-29(27-12-5-4-10-25(21)27)31-19-23(3)33(30-14-7-6-13-28(30)31)34-20-24(34)18-22(2)26-11-8-9-15-32(26)34/h4-19,24H,20H2,1-3H3. The average molecular weight is 437 g/mol. The molecule has 0 amide bonds. The zero-order valence-corrected chi connectivity index (χ0v) is 20.0. The van der Waals surface area contributed by atoms with Crippen LogP contribution in [0, 0.1) is 19.8 Å². The highest BCUT2D eigenvalue weighted by molar-refractivity contribution is 6.08. The van der Waals surface area contributed by atoms with E-state index in [4.69, 9.17) is 0 Å². The van der Waals surface area contributed by atoms with E-state index in [0.717, 1.165) is 0 Å². The molecule has 0 aliphatic heterocycles. The summed E-state index contributed by atoms with van der Waals surface area (Å²) in [7, 11) is 0. The first kappa shape index (κ1) is 19.8. The summed E-state index contributed by atoms with van der Waals surface area (Å²) >= 11 is 0. The summed E-state index contributed by atoms with van der Waals surface area (Å²) in [4.78, 5) is 0. The molecule has 0 spiro atoms. The molecule has 1 saturated carbocycles. The van der Waals surface area contributed by atoms with Gasteiger partial charge in [-0.25, -0.2) is 0 Å². The normalized spacial score (nSPS) is 20.7. The van der Waals surface area contributed by atoms with Crippen LogP contribution in [0.25, 0.3) is 38.2 Å². The van der Waals surface area contributed by atoms with Gasteiger partial charge in [0.05, 0.1) is 0 Å². The van der Waals surface area contributed by atoms with Crippen LogP contribution in [-0.4, -0.2) is 0 Å². The van der Waals surface area contributed by atoms with Gasteiger partial charge in [0.15, 0.2) is 0 Å². The van der Waals surface area contributed by atoms with Gasteiger partial charge in [-0.15, -0.1) is 0 Å². The lowest BCUT2D eigenvalue weighted by molar-refractivity contribution is 0.777. The van der Waals surface area contributed by atoms with Crippen LogP contribution in [-0.2, 0) is 5.41 Å². The number of hydrogen-bond donors (Lipinski definition) is 0. The Morgan fingerprint density at radius 2 is 1.24 bits per heavy atom. The van der Waals surface area contributed by atoms with Gasteiger partial charge >= 0.3 is 0 Å². The summed E-state index contributed by atoms with van der Waals surface area (Å²) in [5.41, 5.74) is 11.4. The Balaban J connectivity index is 1.54. The second kappa shape index (κ2) is 6.93. The van der Waals surface area contributed by atoms with Gasteiger partial charge in [-0.05, 0) is 99.2 Å². The Morgan fingerprint density at radius 3 is 2.03 bits per heavy atom. The molecule has 5 aromatic carbocycles. The van der Waals surface area contributed by atoms with E-state index in [1.165, 1.54) is 72.5 Å². The van der Waals surface area contributed by atoms with Gasteiger partial charge in [-0.1, -0.05) is 97.1 Å². The summed E-state index contributed by atoms with van der Waals surface area (Å²) < 4.78 is 0. The van der Waals surface area contributed by atoms with Crippen LogP contribution in [0.4, 0.5) is 0 Å². The van der Waals surface area contributed by atoms with E-state index in [1.807, 2.05) is 0 Å². The van der Waals surface area contributed by atoms with E-state index < -0.39 is 0 Å². The highest BCUT2D eigenvalue weighted by Gasteiger charge is 2.58. The molecule has 2 aliphatic rings. The third-order valence-electron chi connectivity index (χ3n) is 8.42. The van der Waals surface area contributed by atoms with Crippen molar-refractivity contribution in [3.05, 3.63) is 125 Å². The van der Waals surface area contributed by atoms with Crippen LogP contribution in [0.1, 0.15) is 41.2 Å². The van der Waals surface area contributed by atoms with Crippen molar-refractivity contribution < 1.29 is 0 Å². The third-order valence-corrected chi connectivity index (χ3v) is 8.42. The van der Waals surface area contributed by atoms with Crippen LogP contribution in [0.3, 0.4) is 0 Å². The van der Waals surface area contributed by atoms with Gasteiger partial charge in [0.2, 0.25) is 0 Å². The minimum absolute atomic E-state index is 0.105. The molecule has 0 aromatic heterocycles. The van der Waals surface area contributed by atoms with E-state index >= 15 is 0 Å². The van der Waals surface area contributed by atoms with Gasteiger partial charge < -0.3 is 0 Å². The van der Waals surface area contributed by atoms with Crippen molar-refractivity contribution in [3.63, 3.8) is 0 Å². The molecule has 0 radical (unpaired) electrons. The average Bonchev–Trinajstić information content (AvgIpc) is 3.59. The number of aryl methyl sites for hydroxylation is 2. The van der Waals surface area contributed by atoms with Crippen molar-refractivity contribution in [2.45, 2.75) is 32.6 Å². The summed E-state index contributed by atoms with van der Waals surface area (Å²) in [5, 5.41) is 5.45. The Bertz CT molecular complexity index is 1670. The number of rotatable bonds is 2. The zero-order chi connectivity index (χ0) is 23.0. The van der Waals surface area contributed by atoms with Gasteiger partial charge in [-0.2, -0.15) is 0 Å². The molecular weight excluding hydrogens is 408 g/mol. The highest BCUT2D eigenvalue weighted by atomic mass is 14.6. The molecule has 0 bridgehead atoms. The molecule has 0 heteroatoms. The van der Waals surface area contributed by atoms with E-state index in [-0.39, 0.29) is 5.41 Å². The molecule has 2 atom stereocenters. The van der Waals surface area contributed by atoms with E-state index in [2.05, 4.69) is 118 Å². The van der Waals surface area contributed by atoms with Crippen molar-refractivity contribution in [1.29, 1.82) is 0 Å². The second-order valence-electron chi connectivity index (χ2n) is 10.3. The molecular formula is C34H28. The summed E-state index contributed by atoms with van der Waals surface area (Å²) in [6, 6.07) is 34.1. The second-order valence-corrected chi connectivity index (χ2v) is 10.3. The molecule has 34 heavy (non-hydrogen) atoms. The SMILES string of the molecule is CC1=CC2CC2(c2c(C)cc(-c3ccc(C)c4ccccc34)c3ccccc23)c2ccccc21. The first-order chi connectivity index (χ1) is 16.6. The monoisotopic (exact) mass is 436 g/mol. The quantitative estimate of drug-likeness (QED) is 0.259. The molecule has 0 N–H and O–H groups in total. The first-order valence-corrected chi connectivity index (χ1v) is 12.4. The number of benzene rings is 5. The molecule has 0 saturated heterocycles. The fraction of sp³-hybridized carbons (Fsp3) is 0.176. The maximum absolute atomic E-state index is 2.53. The fourth-order valence-corrected chi connectivity index (χ4v) is 6.84. The molecule has 0 heterocycles. The smallest absolute Gasteiger partial charge is 0.0286 e. The molecule has 5 aromatic rings. The highest BCUT2D eigenvalue weighted by Crippen LogP contribution is 2.65. The van der Waals surface area contributed by atoms with Crippen LogP contribution in [0.5, 0.6) is 0 Å². The van der Waals surface area contributed by atoms with Crippen molar-refractivity contribution in [2.75, 3.05) is 0 Å². The molecule has 7 rings (SSSR count). The van der Waals surface area contributed by atoms with Crippen LogP contribution in [0.2, 0.25) is 0 Å². The lowest BCUT2D eigenvalue weighted by Crippen LogP contribution is -2.19. The van der Waals surface area contributed by atoms with Crippen LogP contribution in [0.15, 0.2) is 97.1 Å². The Kier molecular flexibility index (Phi) is 4.04. The van der Waals surface area contributed by atoms with Crippen molar-refractivity contribution in [3.8, 4) is 11.1 Å². The lowest BCUT2D eigenvalue weighted by atomic mass is 9.74. The number of hydrogen-bond acceptors (Lipinski definition) is 0. The van der Waals surface area contributed by atoms with Gasteiger partial charge in [-0.3, -0.25) is 0 Å². The zero-order valence-electron chi connectivity index (χ0n) is 20.0. The van der Waals surface area contributed by atoms with Crippen molar-refractivity contribution in [2.24, 2.45) is 5.92 Å².